The minimum Gasteiger partial charge on any atom is -0.368 e. The molecule has 1 heterocycles. The van der Waals surface area contributed by atoms with Gasteiger partial charge in [0, 0.05) is 50.5 Å². The molecule has 2 N–H and O–H groups in total. The second-order valence-electron chi connectivity index (χ2n) is 7.26. The molecule has 7 heteroatoms. The maximum absolute atomic E-state index is 13.5. The maximum atomic E-state index is 13.5. The van der Waals surface area contributed by atoms with Crippen LogP contribution in [0.25, 0.3) is 0 Å². The van der Waals surface area contributed by atoms with Crippen molar-refractivity contribution >= 4 is 17.6 Å². The van der Waals surface area contributed by atoms with Crippen LogP contribution in [0.1, 0.15) is 21.5 Å². The van der Waals surface area contributed by atoms with Gasteiger partial charge in [0.25, 0.3) is 5.91 Å². The van der Waals surface area contributed by atoms with Crippen LogP contribution in [0.15, 0.2) is 42.5 Å². The number of amides is 3. The predicted molar refractivity (Wildman–Crippen MR) is 112 cm³/mol. The molecule has 1 saturated heterocycles. The number of aryl methyl sites for hydroxylation is 2. The summed E-state index contributed by atoms with van der Waals surface area (Å²) in [6, 6.07) is 12.6. The average Bonchev–Trinajstić information content (AvgIpc) is 2.73. The number of piperazine rings is 1. The summed E-state index contributed by atoms with van der Waals surface area (Å²) in [5, 5.41) is 5.51. The van der Waals surface area contributed by atoms with Gasteiger partial charge in [0.2, 0.25) is 0 Å². The van der Waals surface area contributed by atoms with E-state index in [0.29, 0.717) is 25.2 Å². The first kappa shape index (κ1) is 20.6. The minimum atomic E-state index is -0.407. The number of hydrogen-bond acceptors (Lipinski definition) is 3. The van der Waals surface area contributed by atoms with Gasteiger partial charge in [-0.15, -0.1) is 0 Å². The number of halogens is 1. The summed E-state index contributed by atoms with van der Waals surface area (Å²) < 4.78 is 13.5. The van der Waals surface area contributed by atoms with Crippen molar-refractivity contribution in [3.63, 3.8) is 0 Å². The summed E-state index contributed by atoms with van der Waals surface area (Å²) >= 11 is 0. The van der Waals surface area contributed by atoms with E-state index >= 15 is 0 Å². The van der Waals surface area contributed by atoms with Crippen molar-refractivity contribution in [3.05, 3.63) is 65.0 Å². The summed E-state index contributed by atoms with van der Waals surface area (Å²) in [5.74, 6) is -0.763. The smallest absolute Gasteiger partial charge is 0.317 e. The lowest BCUT2D eigenvalue weighted by molar-refractivity contribution is 0.0953. The fraction of sp³-hybridized carbons (Fsp3) is 0.364. The van der Waals surface area contributed by atoms with Gasteiger partial charge in [0.15, 0.2) is 0 Å². The predicted octanol–water partition coefficient (Wildman–Crippen LogP) is 2.70. The molecule has 0 unspecified atom stereocenters. The van der Waals surface area contributed by atoms with E-state index in [2.05, 4.69) is 40.7 Å². The quantitative estimate of drug-likeness (QED) is 0.762. The third-order valence-electron chi connectivity index (χ3n) is 5.05. The lowest BCUT2D eigenvalue weighted by atomic mass is 10.1. The number of carbonyl (C=O) groups is 2. The number of benzene rings is 2. The van der Waals surface area contributed by atoms with Crippen LogP contribution in [0.3, 0.4) is 0 Å². The van der Waals surface area contributed by atoms with Crippen LogP contribution < -0.4 is 15.5 Å². The van der Waals surface area contributed by atoms with Crippen LogP contribution in [-0.2, 0) is 0 Å². The molecule has 154 valence electrons. The summed E-state index contributed by atoms with van der Waals surface area (Å²) in [6.45, 7) is 7.18. The van der Waals surface area contributed by atoms with E-state index in [1.807, 2.05) is 6.07 Å². The summed E-state index contributed by atoms with van der Waals surface area (Å²) in [4.78, 5) is 28.4. The van der Waals surface area contributed by atoms with Crippen molar-refractivity contribution in [2.45, 2.75) is 13.8 Å². The maximum Gasteiger partial charge on any atom is 0.317 e. The van der Waals surface area contributed by atoms with Crippen LogP contribution in [0.4, 0.5) is 14.9 Å². The summed E-state index contributed by atoms with van der Waals surface area (Å²) in [5.41, 5.74) is 3.17. The molecule has 0 aliphatic carbocycles. The number of rotatable bonds is 5. The van der Waals surface area contributed by atoms with Gasteiger partial charge in [0.05, 0.1) is 0 Å². The Balaban J connectivity index is 1.38. The van der Waals surface area contributed by atoms with Crippen LogP contribution in [0.5, 0.6) is 0 Å². The molecule has 0 radical (unpaired) electrons. The SMILES string of the molecule is Cc1cccc(N2CCN(C(=O)NCCNC(=O)c3ccc(C)c(F)c3)CC2)c1. The number of hydrogen-bond donors (Lipinski definition) is 2. The highest BCUT2D eigenvalue weighted by atomic mass is 19.1. The van der Waals surface area contributed by atoms with Gasteiger partial charge in [-0.25, -0.2) is 9.18 Å². The lowest BCUT2D eigenvalue weighted by Gasteiger charge is -2.36. The molecule has 6 nitrogen and oxygen atoms in total. The molecule has 1 aliphatic rings. The molecule has 0 spiro atoms. The topological polar surface area (TPSA) is 64.7 Å². The van der Waals surface area contributed by atoms with Gasteiger partial charge in [-0.1, -0.05) is 18.2 Å². The van der Waals surface area contributed by atoms with Crippen LogP contribution in [0, 0.1) is 19.7 Å². The monoisotopic (exact) mass is 398 g/mol. The van der Waals surface area contributed by atoms with E-state index in [1.54, 1.807) is 24.0 Å². The van der Waals surface area contributed by atoms with Gasteiger partial charge in [-0.05, 0) is 49.2 Å². The number of urea groups is 1. The third-order valence-corrected chi connectivity index (χ3v) is 5.05. The Kier molecular flexibility index (Phi) is 6.69. The molecule has 0 bridgehead atoms. The summed E-state index contributed by atoms with van der Waals surface area (Å²) in [7, 11) is 0. The largest absolute Gasteiger partial charge is 0.368 e. The molecule has 2 aromatic carbocycles. The first-order valence-corrected chi connectivity index (χ1v) is 9.83. The van der Waals surface area contributed by atoms with E-state index in [-0.39, 0.29) is 24.0 Å². The van der Waals surface area contributed by atoms with E-state index in [1.165, 1.54) is 17.3 Å². The zero-order chi connectivity index (χ0) is 20.8. The fourth-order valence-electron chi connectivity index (χ4n) is 3.29. The van der Waals surface area contributed by atoms with E-state index < -0.39 is 5.82 Å². The Bertz CT molecular complexity index is 879. The van der Waals surface area contributed by atoms with Crippen molar-refractivity contribution in [1.29, 1.82) is 0 Å². The van der Waals surface area contributed by atoms with E-state index in [4.69, 9.17) is 0 Å². The van der Waals surface area contributed by atoms with Gasteiger partial charge in [-0.2, -0.15) is 0 Å². The van der Waals surface area contributed by atoms with Crippen molar-refractivity contribution in [2.75, 3.05) is 44.2 Å². The molecule has 3 amide bonds. The van der Waals surface area contributed by atoms with E-state index in [0.717, 1.165) is 13.1 Å². The number of nitrogens with one attached hydrogen (secondary N) is 2. The minimum absolute atomic E-state index is 0.135. The Morgan fingerprint density at radius 3 is 2.38 bits per heavy atom. The van der Waals surface area contributed by atoms with Crippen LogP contribution in [0.2, 0.25) is 0 Å². The zero-order valence-corrected chi connectivity index (χ0v) is 16.9. The highest BCUT2D eigenvalue weighted by Gasteiger charge is 2.21. The Morgan fingerprint density at radius 2 is 1.69 bits per heavy atom. The van der Waals surface area contributed by atoms with Crippen LogP contribution >= 0.6 is 0 Å². The third kappa shape index (κ3) is 5.47. The second-order valence-corrected chi connectivity index (χ2v) is 7.26. The first-order chi connectivity index (χ1) is 13.9. The number of carbonyl (C=O) groups excluding carboxylic acids is 2. The number of anilines is 1. The van der Waals surface area contributed by atoms with Crippen molar-refractivity contribution in [3.8, 4) is 0 Å². The summed E-state index contributed by atoms with van der Waals surface area (Å²) in [6.07, 6.45) is 0. The molecule has 2 aromatic rings. The van der Waals surface area contributed by atoms with Crippen molar-refractivity contribution < 1.29 is 14.0 Å². The molecular weight excluding hydrogens is 371 g/mol. The lowest BCUT2D eigenvalue weighted by Crippen LogP contribution is -2.52. The molecule has 1 aliphatic heterocycles. The van der Waals surface area contributed by atoms with Gasteiger partial charge in [-0.3, -0.25) is 4.79 Å². The van der Waals surface area contributed by atoms with Crippen LogP contribution in [-0.4, -0.2) is 56.1 Å². The Labute approximate surface area is 170 Å². The Hall–Kier alpha value is -3.09. The fourth-order valence-corrected chi connectivity index (χ4v) is 3.29. The van der Waals surface area contributed by atoms with Crippen molar-refractivity contribution in [1.82, 2.24) is 15.5 Å². The zero-order valence-electron chi connectivity index (χ0n) is 16.9. The average molecular weight is 398 g/mol. The molecule has 0 aromatic heterocycles. The van der Waals surface area contributed by atoms with E-state index in [9.17, 15) is 14.0 Å². The van der Waals surface area contributed by atoms with Gasteiger partial charge < -0.3 is 20.4 Å². The molecule has 0 atom stereocenters. The number of nitrogens with zero attached hydrogens (tertiary/aromatic N) is 2. The molecule has 1 fully saturated rings. The standard InChI is InChI=1S/C22H27FN4O2/c1-16-4-3-5-19(14-16)26-10-12-27(13-11-26)22(29)25-9-8-24-21(28)18-7-6-17(2)20(23)15-18/h3-7,14-15H,8-13H2,1-2H3,(H,24,28)(H,25,29). The Morgan fingerprint density at radius 1 is 0.966 bits per heavy atom. The van der Waals surface area contributed by atoms with Gasteiger partial charge >= 0.3 is 6.03 Å². The highest BCUT2D eigenvalue weighted by molar-refractivity contribution is 5.94. The van der Waals surface area contributed by atoms with Gasteiger partial charge in [0.1, 0.15) is 5.82 Å². The first-order valence-electron chi connectivity index (χ1n) is 9.83. The molecule has 3 rings (SSSR count). The normalized spacial score (nSPS) is 13.9. The van der Waals surface area contributed by atoms with Crippen molar-refractivity contribution in [2.24, 2.45) is 0 Å². The highest BCUT2D eigenvalue weighted by Crippen LogP contribution is 2.17. The molecule has 0 saturated carbocycles. The molecule has 29 heavy (non-hydrogen) atoms. The molecular formula is C22H27FN4O2. The second kappa shape index (κ2) is 9.41.